The van der Waals surface area contributed by atoms with Gasteiger partial charge in [-0.25, -0.2) is 4.79 Å². The lowest BCUT2D eigenvalue weighted by atomic mass is 10.0. The van der Waals surface area contributed by atoms with E-state index >= 15 is 0 Å². The van der Waals surface area contributed by atoms with Gasteiger partial charge in [-0.1, -0.05) is 54.6 Å². The van der Waals surface area contributed by atoms with Crippen LogP contribution in [0.3, 0.4) is 0 Å². The maximum Gasteiger partial charge on any atom is 0.377 e. The van der Waals surface area contributed by atoms with Crippen LogP contribution in [0.4, 0.5) is 0 Å². The fourth-order valence-corrected chi connectivity index (χ4v) is 4.25. The number of ether oxygens (including phenoxy) is 2. The summed E-state index contributed by atoms with van der Waals surface area (Å²) in [7, 11) is 4.80. The Balaban J connectivity index is 1.91. The number of rotatable bonds is 13. The van der Waals surface area contributed by atoms with Crippen molar-refractivity contribution in [3.8, 4) is 5.75 Å². The summed E-state index contributed by atoms with van der Waals surface area (Å²) < 4.78 is 12.6. The molecule has 0 spiro atoms. The molecule has 2 atom stereocenters. The van der Waals surface area contributed by atoms with Crippen LogP contribution in [0.1, 0.15) is 27.0 Å². The summed E-state index contributed by atoms with van der Waals surface area (Å²) in [4.78, 5) is 27.5. The quantitative estimate of drug-likeness (QED) is 0.174. The van der Waals surface area contributed by atoms with Crippen molar-refractivity contribution in [3.05, 3.63) is 101 Å². The van der Waals surface area contributed by atoms with Crippen LogP contribution < -0.4 is 16.2 Å². The Bertz CT molecular complexity index is 1280. The average Bonchev–Trinajstić information content (AvgIpc) is 2.97. The van der Waals surface area contributed by atoms with Crippen LogP contribution in [-0.2, 0) is 29.1 Å². The van der Waals surface area contributed by atoms with Gasteiger partial charge in [-0.2, -0.15) is 4.58 Å². The molecular formula is C30H38N4O5+2. The SMILES string of the molecule is COc1ccc(CC(C([NH3+])=O)[N+](C)=C(O)C(COCc2ccccc2)N(C)C(=O)c2cccc(CN)c2)cc1. The van der Waals surface area contributed by atoms with Crippen LogP contribution in [-0.4, -0.2) is 72.2 Å². The molecule has 0 heterocycles. The van der Waals surface area contributed by atoms with Crippen molar-refractivity contribution in [2.45, 2.75) is 31.7 Å². The lowest BCUT2D eigenvalue weighted by molar-refractivity contribution is -0.546. The largest absolute Gasteiger partial charge is 0.497 e. The zero-order valence-corrected chi connectivity index (χ0v) is 22.7. The molecular weight excluding hydrogens is 496 g/mol. The predicted octanol–water partition coefficient (Wildman–Crippen LogP) is 1.79. The number of likely N-dealkylation sites (N-methyl/N-ethyl adjacent to an activating group) is 2. The summed E-state index contributed by atoms with van der Waals surface area (Å²) in [6.07, 6.45) is 0.306. The van der Waals surface area contributed by atoms with Crippen molar-refractivity contribution >= 4 is 17.7 Å². The van der Waals surface area contributed by atoms with Crippen LogP contribution in [0.5, 0.6) is 5.75 Å². The Hall–Kier alpha value is -4.05. The molecule has 0 aromatic heterocycles. The number of benzene rings is 3. The fraction of sp³-hybridized carbons (Fsp3) is 0.300. The molecule has 3 aromatic carbocycles. The standard InChI is InChI=1S/C30H36N4O5/c1-33(26(28(32)35)17-21-12-14-25(38-3)15-13-21)30(37)27(20-39-19-22-8-5-4-6-9-22)34(2)29(36)24-11-7-10-23(16-24)18-31/h4-16,26-27H,17-20,31H2,1-3H3,(H2,32,35)/p+2. The zero-order valence-electron chi connectivity index (χ0n) is 22.7. The second-order valence-corrected chi connectivity index (χ2v) is 9.34. The Labute approximate surface area is 229 Å². The number of aliphatic hydroxyl groups is 1. The summed E-state index contributed by atoms with van der Waals surface area (Å²) in [6.45, 7) is 0.597. The van der Waals surface area contributed by atoms with Gasteiger partial charge in [0.1, 0.15) is 12.8 Å². The molecule has 2 amide bonds. The lowest BCUT2D eigenvalue weighted by Crippen LogP contribution is -2.66. The molecule has 39 heavy (non-hydrogen) atoms. The van der Waals surface area contributed by atoms with E-state index in [1.165, 1.54) is 9.48 Å². The van der Waals surface area contributed by atoms with Gasteiger partial charge in [0, 0.05) is 25.6 Å². The van der Waals surface area contributed by atoms with Gasteiger partial charge in [0.15, 0.2) is 6.04 Å². The minimum absolute atomic E-state index is 0.00444. The van der Waals surface area contributed by atoms with Gasteiger partial charge in [0.25, 0.3) is 11.9 Å². The van der Waals surface area contributed by atoms with Crippen molar-refractivity contribution in [3.63, 3.8) is 0 Å². The minimum Gasteiger partial charge on any atom is -0.497 e. The number of nitrogens with two attached hydrogens (primary N) is 1. The third kappa shape index (κ3) is 7.97. The Kier molecular flexibility index (Phi) is 10.7. The smallest absolute Gasteiger partial charge is 0.377 e. The van der Waals surface area contributed by atoms with Crippen LogP contribution in [0.15, 0.2) is 78.9 Å². The number of nitrogens with zero attached hydrogens (tertiary/aromatic N) is 2. The number of carbonyl (C=O) groups excluding carboxylic acids is 2. The molecule has 0 aliphatic heterocycles. The first-order chi connectivity index (χ1) is 18.7. The van der Waals surface area contributed by atoms with E-state index in [1.54, 1.807) is 39.4 Å². The molecule has 3 rings (SSSR count). The van der Waals surface area contributed by atoms with Gasteiger partial charge >= 0.3 is 11.8 Å². The van der Waals surface area contributed by atoms with Gasteiger partial charge in [-0.3, -0.25) is 10.5 Å². The molecule has 0 bridgehead atoms. The number of aliphatic hydroxyl groups excluding tert-OH is 1. The highest BCUT2D eigenvalue weighted by Gasteiger charge is 2.37. The van der Waals surface area contributed by atoms with E-state index < -0.39 is 12.1 Å². The van der Waals surface area contributed by atoms with E-state index in [0.717, 1.165) is 16.7 Å². The number of quaternary nitrogens is 1. The van der Waals surface area contributed by atoms with Gasteiger partial charge in [0.2, 0.25) is 0 Å². The number of carbonyl (C=O) groups is 2. The second-order valence-electron chi connectivity index (χ2n) is 9.34. The maximum atomic E-state index is 13.5. The van der Waals surface area contributed by atoms with Crippen molar-refractivity contribution in [2.75, 3.05) is 27.8 Å². The molecule has 2 unspecified atom stereocenters. The normalized spacial score (nSPS) is 13.3. The molecule has 0 aliphatic carbocycles. The van der Waals surface area contributed by atoms with Gasteiger partial charge in [-0.15, -0.1) is 0 Å². The van der Waals surface area contributed by atoms with Crippen LogP contribution >= 0.6 is 0 Å². The first-order valence-electron chi connectivity index (χ1n) is 12.7. The topological polar surface area (TPSA) is 133 Å². The molecule has 0 saturated carbocycles. The number of hydrogen-bond donors (Lipinski definition) is 3. The summed E-state index contributed by atoms with van der Waals surface area (Å²) >= 11 is 0. The second kappa shape index (κ2) is 14.2. The average molecular weight is 535 g/mol. The summed E-state index contributed by atoms with van der Waals surface area (Å²) in [5.74, 6) is -0.155. The van der Waals surface area contributed by atoms with E-state index in [4.69, 9.17) is 15.2 Å². The monoisotopic (exact) mass is 534 g/mol. The number of methoxy groups -OCH3 is 1. The van der Waals surface area contributed by atoms with E-state index in [2.05, 4.69) is 5.73 Å². The fourth-order valence-electron chi connectivity index (χ4n) is 4.25. The maximum absolute atomic E-state index is 13.5. The highest BCUT2D eigenvalue weighted by atomic mass is 16.5. The lowest BCUT2D eigenvalue weighted by Gasteiger charge is -2.26. The van der Waals surface area contributed by atoms with Crippen molar-refractivity contribution < 1.29 is 34.5 Å². The van der Waals surface area contributed by atoms with E-state index in [1.807, 2.05) is 60.7 Å². The highest BCUT2D eigenvalue weighted by Crippen LogP contribution is 2.15. The van der Waals surface area contributed by atoms with Crippen LogP contribution in [0, 0.1) is 0 Å². The van der Waals surface area contributed by atoms with Crippen molar-refractivity contribution in [1.82, 2.24) is 4.90 Å². The molecule has 6 N–H and O–H groups in total. The Morgan fingerprint density at radius 2 is 1.67 bits per heavy atom. The van der Waals surface area contributed by atoms with E-state index in [-0.39, 0.29) is 24.3 Å². The van der Waals surface area contributed by atoms with Crippen LogP contribution in [0.25, 0.3) is 0 Å². The Morgan fingerprint density at radius 3 is 2.28 bits per heavy atom. The Morgan fingerprint density at radius 1 is 1.00 bits per heavy atom. The summed E-state index contributed by atoms with van der Waals surface area (Å²) in [5.41, 5.74) is 12.5. The molecule has 0 radical (unpaired) electrons. The third-order valence-corrected chi connectivity index (χ3v) is 6.67. The van der Waals surface area contributed by atoms with E-state index in [9.17, 15) is 14.7 Å². The number of hydrogen-bond acceptors (Lipinski definition) is 5. The van der Waals surface area contributed by atoms with E-state index in [0.29, 0.717) is 30.9 Å². The van der Waals surface area contributed by atoms with Crippen molar-refractivity contribution in [1.29, 1.82) is 0 Å². The molecule has 9 heteroatoms. The zero-order chi connectivity index (χ0) is 28.4. The molecule has 9 nitrogen and oxygen atoms in total. The third-order valence-electron chi connectivity index (χ3n) is 6.67. The van der Waals surface area contributed by atoms with Crippen molar-refractivity contribution in [2.24, 2.45) is 5.73 Å². The first-order valence-corrected chi connectivity index (χ1v) is 12.7. The minimum atomic E-state index is -0.870. The molecule has 0 fully saturated rings. The summed E-state index contributed by atoms with van der Waals surface area (Å²) in [6, 6.07) is 22.4. The number of amides is 2. The van der Waals surface area contributed by atoms with Gasteiger partial charge in [-0.05, 0) is 41.0 Å². The summed E-state index contributed by atoms with van der Waals surface area (Å²) in [5, 5.41) is 11.5. The highest BCUT2D eigenvalue weighted by molar-refractivity contribution is 5.96. The molecule has 206 valence electrons. The van der Waals surface area contributed by atoms with Gasteiger partial charge in [0.05, 0.1) is 20.3 Å². The molecule has 0 saturated heterocycles. The molecule has 0 aliphatic rings. The molecule has 3 aromatic rings. The van der Waals surface area contributed by atoms with Gasteiger partial charge < -0.3 is 25.2 Å². The first kappa shape index (κ1) is 29.5. The predicted molar refractivity (Wildman–Crippen MR) is 149 cm³/mol. The van der Waals surface area contributed by atoms with Crippen LogP contribution in [0.2, 0.25) is 0 Å².